The number of ether oxygens (including phenoxy) is 2. The molecular weight excluding hydrogens is 286 g/mol. The van der Waals surface area contributed by atoms with E-state index in [1.54, 1.807) is 12.1 Å². The van der Waals surface area contributed by atoms with Crippen LogP contribution in [0.4, 0.5) is 0 Å². The smallest absolute Gasteiger partial charge is 0.333 e. The first kappa shape index (κ1) is 15.3. The van der Waals surface area contributed by atoms with Gasteiger partial charge in [-0.2, -0.15) is 5.26 Å². The minimum Gasteiger partial charge on any atom is -0.496 e. The average Bonchev–Trinajstić information content (AvgIpc) is 3.03. The van der Waals surface area contributed by atoms with Crippen LogP contribution in [0.3, 0.4) is 0 Å². The van der Waals surface area contributed by atoms with Crippen LogP contribution in [0.5, 0.6) is 5.75 Å². The summed E-state index contributed by atoms with van der Waals surface area (Å²) in [4.78, 5) is 27.2. The Morgan fingerprint density at radius 2 is 2.23 bits per heavy atom. The highest BCUT2D eigenvalue weighted by Gasteiger charge is 2.28. The summed E-state index contributed by atoms with van der Waals surface area (Å²) in [6.07, 6.45) is 3.31. The molecule has 0 saturated carbocycles. The number of rotatable bonds is 5. The third-order valence-electron chi connectivity index (χ3n) is 3.18. The van der Waals surface area contributed by atoms with Gasteiger partial charge in [0.2, 0.25) is 0 Å². The number of esters is 1. The molecule has 112 valence electrons. The van der Waals surface area contributed by atoms with Crippen molar-refractivity contribution in [3.05, 3.63) is 47.5 Å². The lowest BCUT2D eigenvalue weighted by Crippen LogP contribution is -2.23. The Labute approximate surface area is 126 Å². The van der Waals surface area contributed by atoms with E-state index in [1.807, 2.05) is 6.07 Å². The number of aldehydes is 1. The van der Waals surface area contributed by atoms with E-state index in [0.717, 1.165) is 0 Å². The number of hydrogen-bond donors (Lipinski definition) is 0. The van der Waals surface area contributed by atoms with Crippen molar-refractivity contribution in [1.82, 2.24) is 9.55 Å². The number of carbonyl (C=O) groups excluding carboxylic acids is 2. The van der Waals surface area contributed by atoms with E-state index in [0.29, 0.717) is 23.2 Å². The van der Waals surface area contributed by atoms with E-state index in [1.165, 1.54) is 37.4 Å². The maximum atomic E-state index is 12.2. The summed E-state index contributed by atoms with van der Waals surface area (Å²) in [5.74, 6) is -0.232. The molecule has 2 rings (SSSR count). The van der Waals surface area contributed by atoms with Gasteiger partial charge < -0.3 is 14.0 Å². The van der Waals surface area contributed by atoms with E-state index in [4.69, 9.17) is 14.7 Å². The van der Waals surface area contributed by atoms with Crippen molar-refractivity contribution in [3.63, 3.8) is 0 Å². The molecule has 0 spiro atoms. The summed E-state index contributed by atoms with van der Waals surface area (Å²) in [6.45, 7) is 0. The van der Waals surface area contributed by atoms with E-state index >= 15 is 0 Å². The van der Waals surface area contributed by atoms with Gasteiger partial charge in [-0.3, -0.25) is 4.79 Å². The van der Waals surface area contributed by atoms with Crippen molar-refractivity contribution in [3.8, 4) is 11.8 Å². The summed E-state index contributed by atoms with van der Waals surface area (Å²) < 4.78 is 11.5. The van der Waals surface area contributed by atoms with Crippen molar-refractivity contribution in [2.75, 3.05) is 14.2 Å². The van der Waals surface area contributed by atoms with Crippen molar-refractivity contribution in [2.24, 2.45) is 0 Å². The first-order chi connectivity index (χ1) is 10.7. The summed E-state index contributed by atoms with van der Waals surface area (Å²) in [6, 6.07) is 5.73. The number of benzene rings is 1. The third kappa shape index (κ3) is 2.67. The summed E-state index contributed by atoms with van der Waals surface area (Å²) in [5, 5.41) is 8.95. The Morgan fingerprint density at radius 1 is 1.45 bits per heavy atom. The zero-order valence-corrected chi connectivity index (χ0v) is 12.0. The molecular formula is C15H13N3O4. The van der Waals surface area contributed by atoms with Crippen LogP contribution < -0.4 is 4.74 Å². The van der Waals surface area contributed by atoms with Gasteiger partial charge >= 0.3 is 5.97 Å². The fourth-order valence-corrected chi connectivity index (χ4v) is 2.13. The fraction of sp³-hybridized carbons (Fsp3) is 0.200. The Kier molecular flexibility index (Phi) is 4.53. The molecule has 7 heteroatoms. The van der Waals surface area contributed by atoms with Crippen molar-refractivity contribution in [1.29, 1.82) is 5.26 Å². The molecule has 1 unspecified atom stereocenters. The lowest BCUT2D eigenvalue weighted by atomic mass is 10.0. The highest BCUT2D eigenvalue weighted by Crippen LogP contribution is 2.30. The summed E-state index contributed by atoms with van der Waals surface area (Å²) in [7, 11) is 2.69. The lowest BCUT2D eigenvalue weighted by Gasteiger charge is -2.20. The quantitative estimate of drug-likeness (QED) is 0.611. The SMILES string of the molecule is COC(=O)C(c1ccc(C#N)cc1OC)n1cncc1C=O. The number of carbonyl (C=O) groups is 2. The van der Waals surface area contributed by atoms with Crippen molar-refractivity contribution < 1.29 is 19.1 Å². The second-order valence-corrected chi connectivity index (χ2v) is 4.34. The van der Waals surface area contributed by atoms with E-state index in [2.05, 4.69) is 4.98 Å². The molecule has 0 aliphatic heterocycles. The third-order valence-corrected chi connectivity index (χ3v) is 3.18. The average molecular weight is 299 g/mol. The Hall–Kier alpha value is -3.14. The number of nitrogens with zero attached hydrogens (tertiary/aromatic N) is 3. The molecule has 0 amide bonds. The normalized spacial score (nSPS) is 11.3. The molecule has 0 saturated heterocycles. The minimum atomic E-state index is -0.935. The fourth-order valence-electron chi connectivity index (χ4n) is 2.13. The minimum absolute atomic E-state index is 0.224. The van der Waals surface area contributed by atoms with Gasteiger partial charge in [0.25, 0.3) is 0 Å². The summed E-state index contributed by atoms with van der Waals surface area (Å²) >= 11 is 0. The maximum Gasteiger partial charge on any atom is 0.333 e. The molecule has 0 aliphatic rings. The lowest BCUT2D eigenvalue weighted by molar-refractivity contribution is -0.143. The van der Waals surface area contributed by atoms with Crippen LogP contribution in [0, 0.1) is 11.3 Å². The molecule has 1 aromatic carbocycles. The zero-order valence-electron chi connectivity index (χ0n) is 12.0. The summed E-state index contributed by atoms with van der Waals surface area (Å²) in [5.41, 5.74) is 1.08. The topological polar surface area (TPSA) is 94.2 Å². The maximum absolute atomic E-state index is 12.2. The molecule has 7 nitrogen and oxygen atoms in total. The highest BCUT2D eigenvalue weighted by atomic mass is 16.5. The van der Waals surface area contributed by atoms with E-state index < -0.39 is 12.0 Å². The van der Waals surface area contributed by atoms with Gasteiger partial charge in [0.05, 0.1) is 38.4 Å². The molecule has 1 aromatic heterocycles. The molecule has 0 bridgehead atoms. The predicted octanol–water partition coefficient (Wildman–Crippen LogP) is 1.34. The van der Waals surface area contributed by atoms with Gasteiger partial charge in [0, 0.05) is 5.56 Å². The number of methoxy groups -OCH3 is 2. The van der Waals surface area contributed by atoms with Gasteiger partial charge in [-0.1, -0.05) is 6.07 Å². The molecule has 1 heterocycles. The van der Waals surface area contributed by atoms with E-state index in [9.17, 15) is 9.59 Å². The van der Waals surface area contributed by atoms with Crippen LogP contribution in [0.1, 0.15) is 27.7 Å². The molecule has 22 heavy (non-hydrogen) atoms. The number of hydrogen-bond acceptors (Lipinski definition) is 6. The molecule has 0 radical (unpaired) electrons. The molecule has 2 aromatic rings. The molecule has 0 aliphatic carbocycles. The monoisotopic (exact) mass is 299 g/mol. The standard InChI is InChI=1S/C15H13N3O4/c1-21-13-5-10(6-16)3-4-12(13)14(15(20)22-2)18-9-17-7-11(18)8-19/h3-5,7-9,14H,1-2H3. The zero-order chi connectivity index (χ0) is 16.1. The second-order valence-electron chi connectivity index (χ2n) is 4.34. The van der Waals surface area contributed by atoms with E-state index in [-0.39, 0.29) is 5.69 Å². The van der Waals surface area contributed by atoms with Crippen LogP contribution in [-0.4, -0.2) is 36.0 Å². The first-order valence-electron chi connectivity index (χ1n) is 6.29. The largest absolute Gasteiger partial charge is 0.496 e. The van der Waals surface area contributed by atoms with Gasteiger partial charge in [-0.25, -0.2) is 9.78 Å². The highest BCUT2D eigenvalue weighted by molar-refractivity contribution is 5.81. The predicted molar refractivity (Wildman–Crippen MR) is 75.5 cm³/mol. The van der Waals surface area contributed by atoms with Gasteiger partial charge in [0.15, 0.2) is 12.3 Å². The number of aromatic nitrogens is 2. The van der Waals surface area contributed by atoms with Crippen LogP contribution in [0.2, 0.25) is 0 Å². The Balaban J connectivity index is 2.63. The second kappa shape index (κ2) is 6.54. The van der Waals surface area contributed by atoms with Crippen molar-refractivity contribution in [2.45, 2.75) is 6.04 Å². The van der Waals surface area contributed by atoms with Gasteiger partial charge in [-0.05, 0) is 12.1 Å². The first-order valence-corrected chi connectivity index (χ1v) is 6.29. The van der Waals surface area contributed by atoms with Crippen LogP contribution in [0.15, 0.2) is 30.7 Å². The van der Waals surface area contributed by atoms with Gasteiger partial charge in [0.1, 0.15) is 11.4 Å². The van der Waals surface area contributed by atoms with Crippen LogP contribution in [-0.2, 0) is 9.53 Å². The van der Waals surface area contributed by atoms with Crippen molar-refractivity contribution >= 4 is 12.3 Å². The van der Waals surface area contributed by atoms with Crippen LogP contribution >= 0.6 is 0 Å². The van der Waals surface area contributed by atoms with Crippen LogP contribution in [0.25, 0.3) is 0 Å². The van der Waals surface area contributed by atoms with Gasteiger partial charge in [-0.15, -0.1) is 0 Å². The Morgan fingerprint density at radius 3 is 2.82 bits per heavy atom. The molecule has 0 N–H and O–H groups in total. The molecule has 0 fully saturated rings. The molecule has 1 atom stereocenters. The Bertz CT molecular complexity index is 745. The number of nitriles is 1. The number of imidazole rings is 1.